The quantitative estimate of drug-likeness (QED) is 0.0760. The summed E-state index contributed by atoms with van der Waals surface area (Å²) in [6.07, 6.45) is 8.75. The third kappa shape index (κ3) is 13.4. The van der Waals surface area contributed by atoms with Gasteiger partial charge in [-0.3, -0.25) is 19.6 Å². The molecule has 4 aromatic carbocycles. The number of hydrogen-bond acceptors (Lipinski definition) is 4. The van der Waals surface area contributed by atoms with Crippen molar-refractivity contribution in [3.05, 3.63) is 138 Å². The van der Waals surface area contributed by atoms with Crippen molar-refractivity contribution in [2.45, 2.75) is 63.6 Å². The van der Waals surface area contributed by atoms with Crippen LogP contribution >= 0.6 is 7.92 Å². The minimum atomic E-state index is -3.69. The van der Waals surface area contributed by atoms with Crippen molar-refractivity contribution >= 4 is 47.7 Å². The van der Waals surface area contributed by atoms with Gasteiger partial charge in [0.25, 0.3) is 0 Å². The van der Waals surface area contributed by atoms with E-state index in [4.69, 9.17) is 4.74 Å². The first kappa shape index (κ1) is 39.2. The monoisotopic (exact) mass is 715 g/mol. The van der Waals surface area contributed by atoms with Crippen LogP contribution in [0.4, 0.5) is 0 Å². The molecular formula is C38H45CoO4PSSi+. The van der Waals surface area contributed by atoms with Crippen LogP contribution in [0.15, 0.2) is 131 Å². The van der Waals surface area contributed by atoms with Crippen molar-refractivity contribution in [3.63, 3.8) is 0 Å². The Hall–Kier alpha value is -2.94. The van der Waals surface area contributed by atoms with E-state index < -0.39 is 31.8 Å². The van der Waals surface area contributed by atoms with E-state index in [1.54, 1.807) is 25.1 Å². The van der Waals surface area contributed by atoms with Gasteiger partial charge in [0.05, 0.1) is 6.61 Å². The summed E-state index contributed by atoms with van der Waals surface area (Å²) in [5.41, 5.74) is 0. The second-order valence-corrected chi connectivity index (χ2v) is 20.5. The topological polar surface area (TPSA) is 60.4 Å². The van der Waals surface area contributed by atoms with Gasteiger partial charge in [0, 0.05) is 22.8 Å². The molecule has 1 saturated carbocycles. The average molecular weight is 716 g/mol. The molecule has 0 heterocycles. The van der Waals surface area contributed by atoms with Crippen LogP contribution < -0.4 is 15.9 Å². The summed E-state index contributed by atoms with van der Waals surface area (Å²) in [6, 6.07) is 40.4. The van der Waals surface area contributed by atoms with E-state index in [9.17, 15) is 13.2 Å². The Labute approximate surface area is 289 Å². The molecule has 0 aliphatic heterocycles. The molecule has 0 amide bonds. The largest absolute Gasteiger partial charge is 3.00 e. The molecule has 0 bridgehead atoms. The first-order valence-electron chi connectivity index (χ1n) is 15.5. The van der Waals surface area contributed by atoms with Gasteiger partial charge in [-0.2, -0.15) is 0 Å². The van der Waals surface area contributed by atoms with E-state index in [0.717, 1.165) is 0 Å². The minimum absolute atomic E-state index is 0. The van der Waals surface area contributed by atoms with Crippen LogP contribution in [-0.4, -0.2) is 29.1 Å². The van der Waals surface area contributed by atoms with Crippen molar-refractivity contribution < 1.29 is 34.7 Å². The van der Waals surface area contributed by atoms with Gasteiger partial charge in [0.2, 0.25) is 0 Å². The van der Waals surface area contributed by atoms with Gasteiger partial charge in [0.15, 0.2) is 5.97 Å². The fourth-order valence-electron chi connectivity index (χ4n) is 4.57. The SMILES string of the molecule is C1CCCC1.CCOC(=O)[CH-]C(=[C-]S(=O)(=O)c1ccccc1)[Si](C)(C)C.[Co+3].c1ccc(P(c2ccccc2)c2ccccc2)cc1. The molecule has 244 valence electrons. The van der Waals surface area contributed by atoms with Crippen molar-refractivity contribution in [1.82, 2.24) is 0 Å². The number of ether oxygens (including phenoxy) is 1. The molecule has 8 heteroatoms. The predicted molar refractivity (Wildman–Crippen MR) is 193 cm³/mol. The smallest absolute Gasteiger partial charge is 0.488 e. The van der Waals surface area contributed by atoms with Gasteiger partial charge in [-0.15, -0.1) is 0 Å². The zero-order valence-electron chi connectivity index (χ0n) is 27.2. The predicted octanol–water partition coefficient (Wildman–Crippen LogP) is 8.18. The van der Waals surface area contributed by atoms with E-state index in [-0.39, 0.29) is 28.3 Å². The Bertz CT molecular complexity index is 1460. The molecule has 5 rings (SSSR count). The number of carbonyl (C=O) groups excluding carboxylic acids is 1. The van der Waals surface area contributed by atoms with Crippen LogP contribution in [-0.2, 0) is 36.1 Å². The first-order valence-corrected chi connectivity index (χ1v) is 21.9. The molecular weight excluding hydrogens is 670 g/mol. The third-order valence-corrected chi connectivity index (χ3v) is 12.8. The van der Waals surface area contributed by atoms with Gasteiger partial charge in [-0.05, 0) is 42.9 Å². The number of carbonyl (C=O) groups is 1. The Morgan fingerprint density at radius 1 is 0.696 bits per heavy atom. The van der Waals surface area contributed by atoms with Crippen molar-refractivity contribution in [1.29, 1.82) is 0 Å². The van der Waals surface area contributed by atoms with Gasteiger partial charge < -0.3 is 15.3 Å². The Morgan fingerprint density at radius 2 is 1.04 bits per heavy atom. The zero-order chi connectivity index (χ0) is 32.5. The second kappa shape index (κ2) is 20.3. The maximum absolute atomic E-state index is 12.3. The van der Waals surface area contributed by atoms with Crippen LogP contribution in [0.1, 0.15) is 39.0 Å². The number of hydrogen-bond donors (Lipinski definition) is 0. The second-order valence-electron chi connectivity index (χ2n) is 11.6. The van der Waals surface area contributed by atoms with Crippen molar-refractivity contribution in [2.75, 3.05) is 6.61 Å². The van der Waals surface area contributed by atoms with Gasteiger partial charge in [0.1, 0.15) is 0 Å². The molecule has 0 atom stereocenters. The van der Waals surface area contributed by atoms with Crippen LogP contribution in [0.5, 0.6) is 0 Å². The fourth-order valence-corrected chi connectivity index (χ4v) is 10.0. The van der Waals surface area contributed by atoms with Gasteiger partial charge in [-0.25, -0.2) is 0 Å². The summed E-state index contributed by atoms with van der Waals surface area (Å²) >= 11 is 0. The molecule has 1 fully saturated rings. The summed E-state index contributed by atoms with van der Waals surface area (Å²) in [4.78, 5) is 11.8. The molecule has 46 heavy (non-hydrogen) atoms. The molecule has 0 N–H and O–H groups in total. The number of benzene rings is 4. The summed E-state index contributed by atoms with van der Waals surface area (Å²) in [5, 5.41) is 7.15. The Kier molecular flexibility index (Phi) is 17.3. The third-order valence-electron chi connectivity index (χ3n) is 6.95. The number of esters is 1. The summed E-state index contributed by atoms with van der Waals surface area (Å²) in [6.45, 7) is 7.80. The molecule has 0 radical (unpaired) electrons. The Morgan fingerprint density at radius 3 is 1.37 bits per heavy atom. The molecule has 4 aromatic rings. The van der Waals surface area contributed by atoms with E-state index >= 15 is 0 Å². The average Bonchev–Trinajstić information content (AvgIpc) is 3.64. The molecule has 1 aliphatic rings. The fraction of sp³-hybridized carbons (Fsp3) is 0.263. The minimum Gasteiger partial charge on any atom is -0.488 e. The maximum atomic E-state index is 12.3. The normalized spacial score (nSPS) is 12.8. The first-order chi connectivity index (χ1) is 21.6. The van der Waals surface area contributed by atoms with E-state index in [0.29, 0.717) is 5.20 Å². The van der Waals surface area contributed by atoms with Crippen LogP contribution in [0.3, 0.4) is 0 Å². The molecule has 0 unspecified atom stereocenters. The molecule has 0 saturated heterocycles. The standard InChI is InChI=1S/C18H15P.C15H20O4SSi.C5H10.Co/c1-4-10-16(11-5-1)19(17-12-6-2-7-13-17)18-14-8-3-9-15-18;1-5-19-15(16)11-14(21(2,3)4)12-20(17,18)13-9-7-6-8-10-13;1-2-4-5-3-1;/h1-15H;6-11H,5H2,1-4H3;1-5H2;/q;-2;;+3. The molecule has 4 nitrogen and oxygen atoms in total. The van der Waals surface area contributed by atoms with Crippen LogP contribution in [0.2, 0.25) is 19.6 Å². The van der Waals surface area contributed by atoms with Crippen molar-refractivity contribution in [2.24, 2.45) is 0 Å². The van der Waals surface area contributed by atoms with E-state index in [1.807, 2.05) is 19.6 Å². The number of sulfone groups is 1. The maximum Gasteiger partial charge on any atom is 3.00 e. The van der Waals surface area contributed by atoms with Crippen LogP contribution in [0, 0.1) is 11.8 Å². The number of rotatable bonds is 9. The van der Waals surface area contributed by atoms with E-state index in [1.165, 1.54) is 66.6 Å². The van der Waals surface area contributed by atoms with Gasteiger partial charge >= 0.3 is 16.8 Å². The summed E-state index contributed by atoms with van der Waals surface area (Å²) < 4.78 is 29.6. The summed E-state index contributed by atoms with van der Waals surface area (Å²) in [7, 11) is -6.19. The Balaban J connectivity index is 0.000000273. The van der Waals surface area contributed by atoms with E-state index in [2.05, 4.69) is 96.4 Å². The molecule has 0 aromatic heterocycles. The molecule has 1 aliphatic carbocycles. The molecule has 0 spiro atoms. The summed E-state index contributed by atoms with van der Waals surface area (Å²) in [5.74, 6) is -0.536. The zero-order valence-corrected chi connectivity index (χ0v) is 30.9. The van der Waals surface area contributed by atoms with Gasteiger partial charge in [-0.1, -0.05) is 161 Å². The van der Waals surface area contributed by atoms with Crippen molar-refractivity contribution in [3.8, 4) is 0 Å². The van der Waals surface area contributed by atoms with Crippen LogP contribution in [0.25, 0.3) is 0 Å².